The number of hydrogen-bond donors (Lipinski definition) is 10. The van der Waals surface area contributed by atoms with E-state index in [2.05, 4.69) is 0 Å². The second-order valence-corrected chi connectivity index (χ2v) is 3.56. The average Bonchev–Trinajstić information content (AvgIpc) is 1.96. The van der Waals surface area contributed by atoms with Crippen LogP contribution in [0.1, 0.15) is 0 Å². The quantitative estimate of drug-likeness (QED) is 0.0924. The Morgan fingerprint density at radius 1 is 0.650 bits per heavy atom. The second-order valence-electron chi connectivity index (χ2n) is 1.50. The molecule has 10 N–H and O–H groups in total. The maximum atomic E-state index is 8.88. The van der Waals surface area contributed by atoms with Gasteiger partial charge < -0.3 is 39.8 Å². The minimum absolute atomic E-state index is 1.50. The summed E-state index contributed by atoms with van der Waals surface area (Å²) in [6.07, 6.45) is 0. The molecular weight excluding hydrogens is 346 g/mol. The van der Waals surface area contributed by atoms with Crippen LogP contribution in [0.4, 0.5) is 0 Å². The molecule has 0 amide bonds. The maximum Gasteiger partial charge on any atom is 0.466 e. The highest BCUT2D eigenvalue weighted by Crippen LogP contribution is 2.26. The molecule has 20 heavy (non-hydrogen) atoms. The normalized spacial score (nSPS) is 8.60. The highest BCUT2D eigenvalue weighted by molar-refractivity contribution is 7.45. The summed E-state index contributed by atoms with van der Waals surface area (Å²) in [7, 11) is -9.28. The van der Waals surface area contributed by atoms with Crippen LogP contribution in [-0.2, 0) is 9.13 Å². The third kappa shape index (κ3) is 1870. The molecule has 0 spiro atoms. The molecule has 0 aromatic carbocycles. The van der Waals surface area contributed by atoms with Gasteiger partial charge in [-0.25, -0.2) is 9.13 Å². The van der Waals surface area contributed by atoms with Crippen LogP contribution < -0.4 is 0 Å². The van der Waals surface area contributed by atoms with Crippen LogP contribution in [0.15, 0.2) is 0 Å². The molecule has 0 aliphatic rings. The fourth-order valence-electron chi connectivity index (χ4n) is 0. The van der Waals surface area contributed by atoms with Gasteiger partial charge in [0, 0.05) is 0 Å². The van der Waals surface area contributed by atoms with E-state index in [4.69, 9.17) is 79.6 Å². The van der Waals surface area contributed by atoms with E-state index < -0.39 is 25.8 Å². The topological polar surface area (TPSA) is 323 Å². The van der Waals surface area contributed by atoms with Crippen molar-refractivity contribution in [3.05, 3.63) is 20.2 Å². The molecule has 0 rings (SSSR count). The lowest BCUT2D eigenvalue weighted by molar-refractivity contribution is -0.742. The number of rotatable bonds is 0. The lowest BCUT2D eigenvalue weighted by atomic mass is 13.1. The lowest BCUT2D eigenvalue weighted by Crippen LogP contribution is -1.81. The monoisotopic (exact) mass is 356 g/mol. The largest absolute Gasteiger partial charge is 0.466 e. The van der Waals surface area contributed by atoms with Gasteiger partial charge in [-0.1, -0.05) is 0 Å². The van der Waals surface area contributed by atoms with Gasteiger partial charge in [0.05, 0.1) is 0 Å². The molecule has 0 aromatic heterocycles. The molecule has 0 aliphatic carbocycles. The Morgan fingerprint density at radius 2 is 0.650 bits per heavy atom. The third-order valence-electron chi connectivity index (χ3n) is 0. The SMILES string of the molecule is O=P(O)(O)O.O=P(O)(O)O.O=[N+]([O-])O.O=[N+]([O-])O.OO. The van der Waals surface area contributed by atoms with Crippen molar-refractivity contribution in [1.29, 1.82) is 0 Å². The van der Waals surface area contributed by atoms with Crippen molar-refractivity contribution in [1.82, 2.24) is 0 Å². The van der Waals surface area contributed by atoms with Crippen molar-refractivity contribution in [2.24, 2.45) is 0 Å². The Labute approximate surface area is 107 Å². The van der Waals surface area contributed by atoms with E-state index in [9.17, 15) is 0 Å². The van der Waals surface area contributed by atoms with Crippen molar-refractivity contribution in [3.8, 4) is 0 Å². The van der Waals surface area contributed by atoms with Crippen LogP contribution in [0.3, 0.4) is 0 Å². The Kier molecular flexibility index (Phi) is 27.3. The molecule has 126 valence electrons. The van der Waals surface area contributed by atoms with Crippen molar-refractivity contribution in [2.75, 3.05) is 0 Å². The predicted octanol–water partition coefficient (Wildman–Crippen LogP) is -2.54. The Balaban J connectivity index is -0.0000000482. The van der Waals surface area contributed by atoms with Gasteiger partial charge in [0.2, 0.25) is 0 Å². The molecule has 0 saturated carbocycles. The molecule has 0 aliphatic heterocycles. The Bertz CT molecular complexity index is 250. The van der Waals surface area contributed by atoms with Crippen molar-refractivity contribution in [3.63, 3.8) is 0 Å². The first kappa shape index (κ1) is 31.1. The summed E-state index contributed by atoms with van der Waals surface area (Å²) in [4.78, 5) is 59.8. The van der Waals surface area contributed by atoms with Gasteiger partial charge in [-0.05, 0) is 0 Å². The van der Waals surface area contributed by atoms with Crippen molar-refractivity contribution in [2.45, 2.75) is 0 Å². The van der Waals surface area contributed by atoms with Gasteiger partial charge in [-0.2, -0.15) is 0 Å². The molecule has 0 atom stereocenters. The summed E-state index contributed by atoms with van der Waals surface area (Å²) in [5, 5.41) is 39.3. The zero-order chi connectivity index (χ0) is 18.2. The highest BCUT2D eigenvalue weighted by atomic mass is 31.2. The maximum absolute atomic E-state index is 8.88. The first-order chi connectivity index (χ1) is 8.46. The van der Waals surface area contributed by atoms with Gasteiger partial charge in [0.1, 0.15) is 0 Å². The zero-order valence-corrected chi connectivity index (χ0v) is 10.5. The fraction of sp³-hybridized carbons (Fsp3) is 0. The van der Waals surface area contributed by atoms with Crippen LogP contribution in [0.5, 0.6) is 0 Å². The van der Waals surface area contributed by atoms with E-state index in [0.717, 1.165) is 0 Å². The molecule has 0 fully saturated rings. The minimum Gasteiger partial charge on any atom is -0.328 e. The summed E-state index contributed by atoms with van der Waals surface area (Å²) >= 11 is 0. The van der Waals surface area contributed by atoms with E-state index in [-0.39, 0.29) is 0 Å². The van der Waals surface area contributed by atoms with Crippen molar-refractivity contribution < 1.29 is 69.6 Å². The molecule has 18 nitrogen and oxygen atoms in total. The Morgan fingerprint density at radius 3 is 0.650 bits per heavy atom. The van der Waals surface area contributed by atoms with Crippen LogP contribution in [-0.4, -0.2) is 60.5 Å². The summed E-state index contributed by atoms with van der Waals surface area (Å²) in [5.74, 6) is 0. The first-order valence-electron chi connectivity index (χ1n) is 2.90. The molecule has 0 unspecified atom stereocenters. The smallest absolute Gasteiger partial charge is 0.328 e. The van der Waals surface area contributed by atoms with E-state index >= 15 is 0 Å². The summed E-state index contributed by atoms with van der Waals surface area (Å²) in [6, 6.07) is 0. The van der Waals surface area contributed by atoms with Gasteiger partial charge in [0.25, 0.3) is 10.2 Å². The minimum atomic E-state index is -4.64. The van der Waals surface area contributed by atoms with Gasteiger partial charge in [-0.3, -0.25) is 10.5 Å². The van der Waals surface area contributed by atoms with E-state index in [0.29, 0.717) is 0 Å². The summed E-state index contributed by atoms with van der Waals surface area (Å²) < 4.78 is 17.8. The molecule has 0 bridgehead atoms. The lowest BCUT2D eigenvalue weighted by Gasteiger charge is -1.82. The number of hydrogen-bond acceptors (Lipinski definition) is 8. The standard InChI is InChI=1S/2HNO3.2H3O4P.H2O2/c2*2-1(3)4;2*1-5(2,3)4;1-2/h2*(H,2,3,4);2*(H3,1,2,3,4);1-2H. The van der Waals surface area contributed by atoms with Gasteiger partial charge in [-0.15, -0.1) is 20.2 Å². The highest BCUT2D eigenvalue weighted by Gasteiger charge is 2.00. The Hall–Kier alpha value is -1.46. The number of phosphoric acid groups is 2. The van der Waals surface area contributed by atoms with Gasteiger partial charge >= 0.3 is 15.6 Å². The summed E-state index contributed by atoms with van der Waals surface area (Å²) in [5.41, 5.74) is 0. The molecule has 0 heterocycles. The molecule has 0 saturated heterocycles. The first-order valence-corrected chi connectivity index (χ1v) is 6.03. The van der Waals surface area contributed by atoms with Gasteiger partial charge in [0.15, 0.2) is 0 Å². The van der Waals surface area contributed by atoms with Crippen LogP contribution in [0.25, 0.3) is 0 Å². The molecule has 0 aromatic rings. The van der Waals surface area contributed by atoms with Crippen LogP contribution in [0.2, 0.25) is 0 Å². The zero-order valence-electron chi connectivity index (χ0n) is 8.71. The van der Waals surface area contributed by atoms with E-state index in [1.807, 2.05) is 0 Å². The van der Waals surface area contributed by atoms with Crippen LogP contribution in [0, 0.1) is 20.2 Å². The van der Waals surface area contributed by atoms with E-state index in [1.54, 1.807) is 0 Å². The molecule has 0 radical (unpaired) electrons. The summed E-state index contributed by atoms with van der Waals surface area (Å²) in [6.45, 7) is 0. The average molecular weight is 356 g/mol. The number of nitrogens with zero attached hydrogens (tertiary/aromatic N) is 2. The van der Waals surface area contributed by atoms with Crippen LogP contribution >= 0.6 is 15.6 Å². The molecule has 20 heteroatoms. The second kappa shape index (κ2) is 17.5. The molecular formula is H10N2O16P2. The fourth-order valence-corrected chi connectivity index (χ4v) is 0. The third-order valence-corrected chi connectivity index (χ3v) is 0. The van der Waals surface area contributed by atoms with Crippen molar-refractivity contribution >= 4 is 15.6 Å². The predicted molar refractivity (Wildman–Crippen MR) is 51.3 cm³/mol. The van der Waals surface area contributed by atoms with E-state index in [1.165, 1.54) is 0 Å².